The number of fused-ring (bicyclic) bond motifs is 1. The lowest BCUT2D eigenvalue weighted by atomic mass is 10.1. The van der Waals surface area contributed by atoms with Gasteiger partial charge in [0.2, 0.25) is 5.91 Å². The van der Waals surface area contributed by atoms with Crippen LogP contribution in [0.15, 0.2) is 24.3 Å². The van der Waals surface area contributed by atoms with E-state index in [1.54, 1.807) is 11.8 Å². The Morgan fingerprint density at radius 1 is 1.50 bits per heavy atom. The Balaban J connectivity index is 2.49. The Morgan fingerprint density at radius 2 is 2.19 bits per heavy atom. The number of rotatable bonds is 0. The molecule has 1 N–H and O–H groups in total. The monoisotopic (exact) mass is 234 g/mol. The van der Waals surface area contributed by atoms with E-state index in [-0.39, 0.29) is 11.8 Å². The number of hydrogen-bond acceptors (Lipinski definition) is 2. The van der Waals surface area contributed by atoms with Crippen molar-refractivity contribution in [1.29, 1.82) is 0 Å². The molecule has 0 radical (unpaired) electrons. The fourth-order valence-corrected chi connectivity index (χ4v) is 2.01. The summed E-state index contributed by atoms with van der Waals surface area (Å²) in [5, 5.41) is 3.19. The Morgan fingerprint density at radius 3 is 2.88 bits per heavy atom. The van der Waals surface area contributed by atoms with Crippen LogP contribution in [0.4, 0.5) is 11.4 Å². The standard InChI is InChI=1S/C12H14N2OS/c1-8-7-14(9(2)15)11-6-4-3-5-10(11)13-12(8)16/h3-6,8H,7H2,1-2H3,(H,13,16)/t8-/m1/s1. The molecule has 1 aromatic carbocycles. The summed E-state index contributed by atoms with van der Waals surface area (Å²) < 4.78 is 0. The third-order valence-electron chi connectivity index (χ3n) is 2.74. The zero-order valence-electron chi connectivity index (χ0n) is 9.36. The molecule has 1 aliphatic heterocycles. The zero-order valence-corrected chi connectivity index (χ0v) is 10.2. The van der Waals surface area contributed by atoms with E-state index in [1.807, 2.05) is 31.2 Å². The summed E-state index contributed by atoms with van der Waals surface area (Å²) in [5.74, 6) is 0.220. The molecule has 0 aromatic heterocycles. The predicted octanol–water partition coefficient (Wildman–Crippen LogP) is 2.43. The number of carbonyl (C=O) groups is 1. The van der Waals surface area contributed by atoms with Crippen molar-refractivity contribution in [2.75, 3.05) is 16.8 Å². The second-order valence-corrected chi connectivity index (χ2v) is 4.48. The molecule has 1 heterocycles. The lowest BCUT2D eigenvalue weighted by molar-refractivity contribution is -0.116. The van der Waals surface area contributed by atoms with Crippen LogP contribution < -0.4 is 10.2 Å². The number of benzene rings is 1. The molecule has 0 fully saturated rings. The summed E-state index contributed by atoms with van der Waals surface area (Å²) in [7, 11) is 0. The normalized spacial score (nSPS) is 19.8. The predicted molar refractivity (Wildman–Crippen MR) is 69.9 cm³/mol. The van der Waals surface area contributed by atoms with Crippen molar-refractivity contribution >= 4 is 34.5 Å². The number of amides is 1. The van der Waals surface area contributed by atoms with Gasteiger partial charge >= 0.3 is 0 Å². The van der Waals surface area contributed by atoms with Gasteiger partial charge in [-0.1, -0.05) is 31.3 Å². The Hall–Kier alpha value is -1.42. The van der Waals surface area contributed by atoms with Crippen molar-refractivity contribution in [2.24, 2.45) is 5.92 Å². The first-order valence-corrected chi connectivity index (χ1v) is 5.68. The smallest absolute Gasteiger partial charge is 0.223 e. The zero-order chi connectivity index (χ0) is 11.7. The van der Waals surface area contributed by atoms with E-state index in [9.17, 15) is 4.79 Å². The molecule has 1 atom stereocenters. The largest absolute Gasteiger partial charge is 0.348 e. The van der Waals surface area contributed by atoms with Gasteiger partial charge in [0, 0.05) is 19.4 Å². The maximum absolute atomic E-state index is 11.6. The molecule has 84 valence electrons. The first-order valence-electron chi connectivity index (χ1n) is 5.27. The maximum atomic E-state index is 11.6. The van der Waals surface area contributed by atoms with Crippen LogP contribution in [0.2, 0.25) is 0 Å². The lowest BCUT2D eigenvalue weighted by Crippen LogP contribution is -2.33. The molecule has 0 saturated carbocycles. The molecule has 0 unspecified atom stereocenters. The molecule has 2 rings (SSSR count). The van der Waals surface area contributed by atoms with Gasteiger partial charge in [-0.15, -0.1) is 0 Å². The number of hydrogen-bond donors (Lipinski definition) is 1. The van der Waals surface area contributed by atoms with Gasteiger partial charge in [0.15, 0.2) is 0 Å². The van der Waals surface area contributed by atoms with E-state index in [0.717, 1.165) is 16.4 Å². The van der Waals surface area contributed by atoms with Crippen LogP contribution in [0, 0.1) is 5.92 Å². The number of nitrogens with zero attached hydrogens (tertiary/aromatic N) is 1. The Labute approximate surface area is 100 Å². The second kappa shape index (κ2) is 4.22. The Bertz CT molecular complexity index is 444. The number of nitrogens with one attached hydrogen (secondary N) is 1. The van der Waals surface area contributed by atoms with Gasteiger partial charge in [0.05, 0.1) is 16.4 Å². The number of thiocarbonyl (C=S) groups is 1. The summed E-state index contributed by atoms with van der Waals surface area (Å²) in [4.78, 5) is 14.2. The van der Waals surface area contributed by atoms with E-state index in [0.29, 0.717) is 6.54 Å². The summed E-state index contributed by atoms with van der Waals surface area (Å²) in [6, 6.07) is 7.73. The molecule has 1 amide bonds. The van der Waals surface area contributed by atoms with E-state index >= 15 is 0 Å². The van der Waals surface area contributed by atoms with Crippen LogP contribution in [0.5, 0.6) is 0 Å². The van der Waals surface area contributed by atoms with Crippen molar-refractivity contribution in [3.8, 4) is 0 Å². The SMILES string of the molecule is CC(=O)N1C[C@@H](C)C(=S)Nc2ccccc21. The first-order chi connectivity index (χ1) is 7.59. The molecular weight excluding hydrogens is 220 g/mol. The molecule has 0 saturated heterocycles. The van der Waals surface area contributed by atoms with Gasteiger partial charge in [-0.05, 0) is 12.1 Å². The maximum Gasteiger partial charge on any atom is 0.223 e. The fraction of sp³-hybridized carbons (Fsp3) is 0.333. The Kier molecular flexibility index (Phi) is 2.92. The number of para-hydroxylation sites is 2. The summed E-state index contributed by atoms with van der Waals surface area (Å²) in [6.45, 7) is 4.24. The molecule has 0 bridgehead atoms. The molecule has 16 heavy (non-hydrogen) atoms. The summed E-state index contributed by atoms with van der Waals surface area (Å²) in [5.41, 5.74) is 1.81. The third kappa shape index (κ3) is 1.93. The summed E-state index contributed by atoms with van der Waals surface area (Å²) in [6.07, 6.45) is 0. The molecule has 4 heteroatoms. The van der Waals surface area contributed by atoms with E-state index in [4.69, 9.17) is 12.2 Å². The average Bonchev–Trinajstić information content (AvgIpc) is 2.37. The first kappa shape index (κ1) is 11.1. The van der Waals surface area contributed by atoms with Crippen molar-refractivity contribution in [1.82, 2.24) is 0 Å². The van der Waals surface area contributed by atoms with Crippen LogP contribution in [0.1, 0.15) is 13.8 Å². The van der Waals surface area contributed by atoms with Crippen LogP contribution in [-0.2, 0) is 4.79 Å². The molecule has 1 aromatic rings. The van der Waals surface area contributed by atoms with Crippen molar-refractivity contribution in [2.45, 2.75) is 13.8 Å². The second-order valence-electron chi connectivity index (χ2n) is 4.04. The number of carbonyl (C=O) groups excluding carboxylic acids is 1. The minimum atomic E-state index is 0.0470. The third-order valence-corrected chi connectivity index (χ3v) is 3.24. The molecule has 0 spiro atoms. The van der Waals surface area contributed by atoms with E-state index in [1.165, 1.54) is 0 Å². The average molecular weight is 234 g/mol. The fourth-order valence-electron chi connectivity index (χ4n) is 1.82. The topological polar surface area (TPSA) is 32.3 Å². The highest BCUT2D eigenvalue weighted by Crippen LogP contribution is 2.30. The molecule has 0 aliphatic carbocycles. The highest BCUT2D eigenvalue weighted by atomic mass is 32.1. The van der Waals surface area contributed by atoms with E-state index in [2.05, 4.69) is 5.32 Å². The molecule has 1 aliphatic rings. The highest BCUT2D eigenvalue weighted by Gasteiger charge is 2.24. The van der Waals surface area contributed by atoms with Gasteiger partial charge in [-0.25, -0.2) is 0 Å². The molecular formula is C12H14N2OS. The highest BCUT2D eigenvalue weighted by molar-refractivity contribution is 7.80. The van der Waals surface area contributed by atoms with Crippen LogP contribution >= 0.6 is 12.2 Å². The van der Waals surface area contributed by atoms with Crippen LogP contribution in [-0.4, -0.2) is 17.4 Å². The minimum Gasteiger partial charge on any atom is -0.348 e. The van der Waals surface area contributed by atoms with Gasteiger partial charge in [-0.2, -0.15) is 0 Å². The number of anilines is 2. The van der Waals surface area contributed by atoms with E-state index < -0.39 is 0 Å². The van der Waals surface area contributed by atoms with Crippen molar-refractivity contribution in [3.63, 3.8) is 0 Å². The van der Waals surface area contributed by atoms with Gasteiger partial charge in [0.25, 0.3) is 0 Å². The summed E-state index contributed by atoms with van der Waals surface area (Å²) >= 11 is 5.28. The van der Waals surface area contributed by atoms with Gasteiger partial charge in [-0.3, -0.25) is 4.79 Å². The van der Waals surface area contributed by atoms with Crippen molar-refractivity contribution in [3.05, 3.63) is 24.3 Å². The van der Waals surface area contributed by atoms with Gasteiger partial charge < -0.3 is 10.2 Å². The lowest BCUT2D eigenvalue weighted by Gasteiger charge is -2.21. The quantitative estimate of drug-likeness (QED) is 0.700. The van der Waals surface area contributed by atoms with Crippen LogP contribution in [0.3, 0.4) is 0 Å². The van der Waals surface area contributed by atoms with Crippen LogP contribution in [0.25, 0.3) is 0 Å². The molecule has 3 nitrogen and oxygen atoms in total. The van der Waals surface area contributed by atoms with Gasteiger partial charge in [0.1, 0.15) is 0 Å². The van der Waals surface area contributed by atoms with Crippen molar-refractivity contribution < 1.29 is 4.79 Å². The minimum absolute atomic E-state index is 0.0470.